The van der Waals surface area contributed by atoms with Gasteiger partial charge in [-0.3, -0.25) is 4.79 Å². The Bertz CT molecular complexity index is 670. The number of ether oxygens (including phenoxy) is 1. The number of fused-ring (bicyclic) bond motifs is 1. The third kappa shape index (κ3) is 3.00. The lowest BCUT2D eigenvalue weighted by atomic mass is 9.47. The summed E-state index contributed by atoms with van der Waals surface area (Å²) in [6, 6.07) is 0. The molecule has 6 heteroatoms. The Morgan fingerprint density at radius 3 is 2.32 bits per heavy atom. The summed E-state index contributed by atoms with van der Waals surface area (Å²) < 4.78 is 5.55. The zero-order valence-corrected chi connectivity index (χ0v) is 17.8. The Hall–Kier alpha value is -0.790. The van der Waals surface area contributed by atoms with Gasteiger partial charge in [-0.25, -0.2) is 0 Å². The maximum Gasteiger partial charge on any atom is 0.169 e. The molecule has 0 aromatic heterocycles. The lowest BCUT2D eigenvalue weighted by Gasteiger charge is -2.63. The monoisotopic (exact) mass is 396 g/mol. The molecular weight excluding hydrogens is 360 g/mol. The number of Topliss-reactive ketones (excluding diaryl/α,β-unsaturated/α-hetero) is 1. The van der Waals surface area contributed by atoms with Gasteiger partial charge in [0.05, 0.1) is 30.3 Å². The van der Waals surface area contributed by atoms with E-state index in [-0.39, 0.29) is 30.3 Å². The van der Waals surface area contributed by atoms with Crippen LogP contribution in [0, 0.1) is 28.6 Å². The van der Waals surface area contributed by atoms with Crippen molar-refractivity contribution in [2.24, 2.45) is 28.6 Å². The van der Waals surface area contributed by atoms with E-state index in [9.17, 15) is 25.2 Å². The van der Waals surface area contributed by atoms with Gasteiger partial charge in [0.25, 0.3) is 0 Å². The summed E-state index contributed by atoms with van der Waals surface area (Å²) in [7, 11) is 0. The average Bonchev–Trinajstić information content (AvgIpc) is 2.58. The number of rotatable bonds is 4. The first-order valence-corrected chi connectivity index (χ1v) is 10.4. The lowest BCUT2D eigenvalue weighted by Crippen LogP contribution is -2.75. The van der Waals surface area contributed by atoms with E-state index in [1.807, 2.05) is 13.8 Å². The molecule has 0 radical (unpaired) electrons. The predicted molar refractivity (Wildman–Crippen MR) is 104 cm³/mol. The number of aliphatic hydroxyl groups is 4. The average molecular weight is 397 g/mol. The van der Waals surface area contributed by atoms with E-state index < -0.39 is 47.1 Å². The van der Waals surface area contributed by atoms with Gasteiger partial charge >= 0.3 is 0 Å². The maximum atomic E-state index is 13.1. The second kappa shape index (κ2) is 6.88. The van der Waals surface area contributed by atoms with E-state index in [2.05, 4.69) is 19.9 Å². The van der Waals surface area contributed by atoms with Gasteiger partial charge in [-0.2, -0.15) is 0 Å². The van der Waals surface area contributed by atoms with Crippen LogP contribution in [0.1, 0.15) is 54.4 Å². The normalized spacial score (nSPS) is 47.4. The van der Waals surface area contributed by atoms with Crippen LogP contribution < -0.4 is 0 Å². The largest absolute Gasteiger partial charge is 0.392 e. The SMILES string of the molecule is CC1=CC(C)(C)C([C@@H](C)[C@@H]2[C@]3(O)CO[C@@H]3C[C@H](O)[C@@]2(C)C(=O)[C@@H](C)O)C[C@@H]1O. The highest BCUT2D eigenvalue weighted by Crippen LogP contribution is 2.59. The van der Waals surface area contributed by atoms with Crippen molar-refractivity contribution in [3.8, 4) is 0 Å². The van der Waals surface area contributed by atoms with Crippen molar-refractivity contribution in [1.82, 2.24) is 0 Å². The Balaban J connectivity index is 2.07. The first-order valence-electron chi connectivity index (χ1n) is 10.4. The summed E-state index contributed by atoms with van der Waals surface area (Å²) in [5.74, 6) is -1.23. The number of hydrogen-bond donors (Lipinski definition) is 4. The Morgan fingerprint density at radius 2 is 1.82 bits per heavy atom. The van der Waals surface area contributed by atoms with E-state index in [4.69, 9.17) is 4.74 Å². The second-order valence-corrected chi connectivity index (χ2v) is 10.3. The van der Waals surface area contributed by atoms with Gasteiger partial charge in [-0.15, -0.1) is 0 Å². The molecule has 0 spiro atoms. The molecule has 9 atom stereocenters. The van der Waals surface area contributed by atoms with Gasteiger partial charge in [-0.1, -0.05) is 26.8 Å². The van der Waals surface area contributed by atoms with E-state index in [1.165, 1.54) is 6.92 Å². The lowest BCUT2D eigenvalue weighted by molar-refractivity contribution is -0.325. The molecule has 0 bridgehead atoms. The van der Waals surface area contributed by atoms with Crippen molar-refractivity contribution in [3.05, 3.63) is 11.6 Å². The molecule has 3 aliphatic rings. The molecule has 6 nitrogen and oxygen atoms in total. The summed E-state index contributed by atoms with van der Waals surface area (Å²) in [6.07, 6.45) is -0.541. The highest BCUT2D eigenvalue weighted by atomic mass is 16.6. The molecule has 1 aliphatic heterocycles. The molecule has 1 unspecified atom stereocenters. The number of allylic oxidation sites excluding steroid dienone is 1. The molecule has 0 aromatic carbocycles. The van der Waals surface area contributed by atoms with E-state index in [0.29, 0.717) is 6.42 Å². The number of carbonyl (C=O) groups is 1. The van der Waals surface area contributed by atoms with Crippen LogP contribution in [0.25, 0.3) is 0 Å². The Labute approximate surface area is 167 Å². The summed E-state index contributed by atoms with van der Waals surface area (Å²) in [5.41, 5.74) is -1.82. The molecule has 160 valence electrons. The predicted octanol–water partition coefficient (Wildman–Crippen LogP) is 1.44. The van der Waals surface area contributed by atoms with Gasteiger partial charge < -0.3 is 25.2 Å². The van der Waals surface area contributed by atoms with Crippen molar-refractivity contribution in [2.45, 2.75) is 84.4 Å². The second-order valence-electron chi connectivity index (χ2n) is 10.3. The fourth-order valence-corrected chi connectivity index (χ4v) is 6.52. The molecule has 2 aliphatic carbocycles. The van der Waals surface area contributed by atoms with Crippen LogP contribution in [0.3, 0.4) is 0 Å². The fraction of sp³-hybridized carbons (Fsp3) is 0.864. The minimum absolute atomic E-state index is 0.00658. The first kappa shape index (κ1) is 21.9. The van der Waals surface area contributed by atoms with E-state index in [0.717, 1.165) is 5.57 Å². The first-order chi connectivity index (χ1) is 12.8. The van der Waals surface area contributed by atoms with Gasteiger partial charge in [0.15, 0.2) is 5.78 Å². The Kier molecular flexibility index (Phi) is 5.38. The summed E-state index contributed by atoms with van der Waals surface area (Å²) in [4.78, 5) is 13.1. The van der Waals surface area contributed by atoms with Gasteiger partial charge in [0.2, 0.25) is 0 Å². The third-order valence-corrected chi connectivity index (χ3v) is 8.02. The van der Waals surface area contributed by atoms with Crippen molar-refractivity contribution in [3.63, 3.8) is 0 Å². The number of aliphatic hydroxyl groups excluding tert-OH is 3. The number of hydrogen-bond acceptors (Lipinski definition) is 6. The van der Waals surface area contributed by atoms with Gasteiger partial charge in [0, 0.05) is 12.3 Å². The minimum atomic E-state index is -1.29. The van der Waals surface area contributed by atoms with Crippen molar-refractivity contribution >= 4 is 5.78 Å². The zero-order valence-electron chi connectivity index (χ0n) is 17.8. The van der Waals surface area contributed by atoms with Crippen molar-refractivity contribution in [1.29, 1.82) is 0 Å². The molecule has 28 heavy (non-hydrogen) atoms. The quantitative estimate of drug-likeness (QED) is 0.536. The smallest absolute Gasteiger partial charge is 0.169 e. The molecule has 1 saturated heterocycles. The third-order valence-electron chi connectivity index (χ3n) is 8.02. The molecule has 2 fully saturated rings. The molecule has 1 heterocycles. The standard InChI is InChI=1S/C22H36O6/c1-11-9-20(4,5)14(7-15(11)24)12(2)18-21(6,19(26)13(3)23)16(25)8-17-22(18,27)10-28-17/h9,12-18,23-25,27H,7-8,10H2,1-6H3/t12-,13-,14?,15+,16+,17-,18+,21-,22+/m1/s1. The summed E-state index contributed by atoms with van der Waals surface area (Å²) >= 11 is 0. The minimum Gasteiger partial charge on any atom is -0.392 e. The topological polar surface area (TPSA) is 107 Å². The van der Waals surface area contributed by atoms with Crippen LogP contribution in [-0.4, -0.2) is 62.8 Å². The highest BCUT2D eigenvalue weighted by Gasteiger charge is 2.69. The highest BCUT2D eigenvalue weighted by molar-refractivity contribution is 5.89. The van der Waals surface area contributed by atoms with Crippen molar-refractivity contribution < 1.29 is 30.0 Å². The molecule has 4 N–H and O–H groups in total. The maximum absolute atomic E-state index is 13.1. The van der Waals surface area contributed by atoms with Crippen LogP contribution >= 0.6 is 0 Å². The van der Waals surface area contributed by atoms with E-state index in [1.54, 1.807) is 6.92 Å². The Morgan fingerprint density at radius 1 is 1.21 bits per heavy atom. The van der Waals surface area contributed by atoms with E-state index >= 15 is 0 Å². The molecule has 1 saturated carbocycles. The fourth-order valence-electron chi connectivity index (χ4n) is 6.52. The molecule has 0 aromatic rings. The molecular formula is C22H36O6. The molecule has 0 amide bonds. The van der Waals surface area contributed by atoms with Gasteiger partial charge in [0.1, 0.15) is 11.7 Å². The van der Waals surface area contributed by atoms with Crippen LogP contribution in [0.5, 0.6) is 0 Å². The van der Waals surface area contributed by atoms with Gasteiger partial charge in [-0.05, 0) is 50.0 Å². The van der Waals surface area contributed by atoms with Crippen LogP contribution in [0.15, 0.2) is 11.6 Å². The van der Waals surface area contributed by atoms with Crippen molar-refractivity contribution in [2.75, 3.05) is 6.61 Å². The number of ketones is 1. The number of carbonyl (C=O) groups excluding carboxylic acids is 1. The molecule has 3 rings (SSSR count). The van der Waals surface area contributed by atoms with Crippen LogP contribution in [-0.2, 0) is 9.53 Å². The van der Waals surface area contributed by atoms with Crippen LogP contribution in [0.4, 0.5) is 0 Å². The van der Waals surface area contributed by atoms with Crippen LogP contribution in [0.2, 0.25) is 0 Å². The summed E-state index contributed by atoms with van der Waals surface area (Å²) in [6.45, 7) is 11.3. The summed E-state index contributed by atoms with van der Waals surface area (Å²) in [5, 5.41) is 43.0. The zero-order chi connectivity index (χ0) is 21.2.